The minimum atomic E-state index is -3.90. The molecule has 0 bridgehead atoms. The Kier molecular flexibility index (Phi) is 4.39. The monoisotopic (exact) mass is 309 g/mol. The van der Waals surface area contributed by atoms with Crippen molar-refractivity contribution in [2.75, 3.05) is 0 Å². The van der Waals surface area contributed by atoms with E-state index in [2.05, 4.69) is 14.7 Å². The SMILES string of the molecule is Cc1cccc(S(=O)(=O)N[C@H](Cc2cnc[nH]2)C(=O)O)c1. The Hall–Kier alpha value is -2.19. The van der Waals surface area contributed by atoms with E-state index in [0.29, 0.717) is 5.69 Å². The van der Waals surface area contributed by atoms with E-state index in [9.17, 15) is 18.3 Å². The number of hydrogen-bond donors (Lipinski definition) is 3. The molecule has 0 aliphatic rings. The summed E-state index contributed by atoms with van der Waals surface area (Å²) in [5.41, 5.74) is 1.31. The second-order valence-corrected chi connectivity index (χ2v) is 6.32. The summed E-state index contributed by atoms with van der Waals surface area (Å²) in [7, 11) is -3.90. The number of carbonyl (C=O) groups is 1. The average Bonchev–Trinajstić information content (AvgIpc) is 2.90. The van der Waals surface area contributed by atoms with Crippen molar-refractivity contribution in [1.29, 1.82) is 0 Å². The number of aromatic amines is 1. The number of nitrogens with one attached hydrogen (secondary N) is 2. The summed E-state index contributed by atoms with van der Waals surface area (Å²) in [6, 6.07) is 5.00. The van der Waals surface area contributed by atoms with Crippen LogP contribution in [0.3, 0.4) is 0 Å². The van der Waals surface area contributed by atoms with Crippen molar-refractivity contribution in [1.82, 2.24) is 14.7 Å². The lowest BCUT2D eigenvalue weighted by Gasteiger charge is -2.14. The number of hydrogen-bond acceptors (Lipinski definition) is 4. The van der Waals surface area contributed by atoms with E-state index >= 15 is 0 Å². The molecule has 0 aliphatic heterocycles. The number of sulfonamides is 1. The fourth-order valence-electron chi connectivity index (χ4n) is 1.83. The molecule has 1 atom stereocenters. The summed E-state index contributed by atoms with van der Waals surface area (Å²) in [5.74, 6) is -1.25. The van der Waals surface area contributed by atoms with Gasteiger partial charge in [0.15, 0.2) is 0 Å². The van der Waals surface area contributed by atoms with Crippen molar-refractivity contribution in [2.45, 2.75) is 24.3 Å². The molecule has 2 rings (SSSR count). The topological polar surface area (TPSA) is 112 Å². The van der Waals surface area contributed by atoms with Crippen molar-refractivity contribution < 1.29 is 18.3 Å². The van der Waals surface area contributed by atoms with Crippen LogP contribution in [0.25, 0.3) is 0 Å². The molecule has 0 aliphatic carbocycles. The summed E-state index contributed by atoms with van der Waals surface area (Å²) in [6.07, 6.45) is 2.85. The molecule has 21 heavy (non-hydrogen) atoms. The van der Waals surface area contributed by atoms with E-state index in [1.165, 1.54) is 24.7 Å². The Morgan fingerprint density at radius 3 is 2.81 bits per heavy atom. The molecule has 1 heterocycles. The number of aryl methyl sites for hydroxylation is 1. The zero-order valence-corrected chi connectivity index (χ0v) is 12.1. The molecule has 7 nitrogen and oxygen atoms in total. The second-order valence-electron chi connectivity index (χ2n) is 4.61. The average molecular weight is 309 g/mol. The number of imidazole rings is 1. The molecule has 1 aromatic heterocycles. The highest BCUT2D eigenvalue weighted by atomic mass is 32.2. The molecule has 0 radical (unpaired) electrons. The minimum Gasteiger partial charge on any atom is -0.480 e. The second kappa shape index (κ2) is 6.06. The van der Waals surface area contributed by atoms with Crippen LogP contribution in [0.4, 0.5) is 0 Å². The van der Waals surface area contributed by atoms with Crippen LogP contribution >= 0.6 is 0 Å². The molecule has 0 saturated carbocycles. The number of benzene rings is 1. The first-order valence-electron chi connectivity index (χ1n) is 6.17. The number of carboxylic acid groups (broad SMARTS) is 1. The van der Waals surface area contributed by atoms with E-state index < -0.39 is 22.0 Å². The Morgan fingerprint density at radius 2 is 2.24 bits per heavy atom. The van der Waals surface area contributed by atoms with Crippen molar-refractivity contribution in [2.24, 2.45) is 0 Å². The maximum Gasteiger partial charge on any atom is 0.322 e. The predicted molar refractivity (Wildman–Crippen MR) is 75.2 cm³/mol. The van der Waals surface area contributed by atoms with Gasteiger partial charge in [-0.05, 0) is 24.6 Å². The Labute approximate surface area is 122 Å². The highest BCUT2D eigenvalue weighted by Gasteiger charge is 2.26. The zero-order valence-electron chi connectivity index (χ0n) is 11.3. The number of aromatic nitrogens is 2. The van der Waals surface area contributed by atoms with Gasteiger partial charge in [-0.15, -0.1) is 0 Å². The summed E-state index contributed by atoms with van der Waals surface area (Å²) in [6.45, 7) is 1.76. The normalized spacial score (nSPS) is 13.0. The summed E-state index contributed by atoms with van der Waals surface area (Å²) in [5, 5.41) is 9.18. The third kappa shape index (κ3) is 3.89. The van der Waals surface area contributed by atoms with Crippen LogP contribution in [-0.4, -0.2) is 35.5 Å². The van der Waals surface area contributed by atoms with Crippen LogP contribution in [0.15, 0.2) is 41.7 Å². The molecule has 0 fully saturated rings. The Bertz CT molecular complexity index is 726. The van der Waals surface area contributed by atoms with Gasteiger partial charge in [0.05, 0.1) is 11.2 Å². The van der Waals surface area contributed by atoms with E-state index in [0.717, 1.165) is 5.56 Å². The third-order valence-corrected chi connectivity index (χ3v) is 4.34. The van der Waals surface area contributed by atoms with Crippen molar-refractivity contribution in [3.63, 3.8) is 0 Å². The van der Waals surface area contributed by atoms with Gasteiger partial charge in [0.1, 0.15) is 6.04 Å². The van der Waals surface area contributed by atoms with Gasteiger partial charge in [0.25, 0.3) is 0 Å². The van der Waals surface area contributed by atoms with E-state index in [-0.39, 0.29) is 11.3 Å². The number of aliphatic carboxylic acids is 1. The van der Waals surface area contributed by atoms with Gasteiger partial charge >= 0.3 is 5.97 Å². The largest absolute Gasteiger partial charge is 0.480 e. The van der Waals surface area contributed by atoms with Crippen LogP contribution in [0.1, 0.15) is 11.3 Å². The number of carboxylic acids is 1. The fraction of sp³-hybridized carbons (Fsp3) is 0.231. The Morgan fingerprint density at radius 1 is 1.48 bits per heavy atom. The van der Waals surface area contributed by atoms with Crippen LogP contribution in [0, 0.1) is 6.92 Å². The Balaban J connectivity index is 2.21. The maximum atomic E-state index is 12.2. The van der Waals surface area contributed by atoms with Crippen LogP contribution < -0.4 is 4.72 Å². The van der Waals surface area contributed by atoms with Gasteiger partial charge in [-0.3, -0.25) is 4.79 Å². The van der Waals surface area contributed by atoms with Crippen LogP contribution in [-0.2, 0) is 21.2 Å². The maximum absolute atomic E-state index is 12.2. The molecule has 0 unspecified atom stereocenters. The summed E-state index contributed by atoms with van der Waals surface area (Å²) in [4.78, 5) is 17.8. The van der Waals surface area contributed by atoms with E-state index in [4.69, 9.17) is 0 Å². The summed E-state index contributed by atoms with van der Waals surface area (Å²) >= 11 is 0. The smallest absolute Gasteiger partial charge is 0.322 e. The standard InChI is InChI=1S/C13H15N3O4S/c1-9-3-2-4-11(5-9)21(19,20)16-12(13(17)18)6-10-7-14-8-15-10/h2-5,7-8,12,16H,6H2,1H3,(H,14,15)(H,17,18)/t12-/m1/s1. The molecule has 0 amide bonds. The van der Waals surface area contributed by atoms with Gasteiger partial charge in [-0.25, -0.2) is 13.4 Å². The molecular formula is C13H15N3O4S. The van der Waals surface area contributed by atoms with Gasteiger partial charge in [-0.1, -0.05) is 12.1 Å². The zero-order chi connectivity index (χ0) is 15.5. The molecule has 3 N–H and O–H groups in total. The van der Waals surface area contributed by atoms with E-state index in [1.54, 1.807) is 19.1 Å². The van der Waals surface area contributed by atoms with E-state index in [1.807, 2.05) is 0 Å². The van der Waals surface area contributed by atoms with Crippen LogP contribution in [0.5, 0.6) is 0 Å². The molecule has 112 valence electrons. The lowest BCUT2D eigenvalue weighted by molar-refractivity contribution is -0.138. The lowest BCUT2D eigenvalue weighted by Crippen LogP contribution is -2.42. The summed E-state index contributed by atoms with van der Waals surface area (Å²) < 4.78 is 26.7. The number of nitrogens with zero attached hydrogens (tertiary/aromatic N) is 1. The molecule has 8 heteroatoms. The van der Waals surface area contributed by atoms with Crippen molar-refractivity contribution in [3.05, 3.63) is 48.0 Å². The molecule has 2 aromatic rings. The molecule has 1 aromatic carbocycles. The van der Waals surface area contributed by atoms with Crippen molar-refractivity contribution >= 4 is 16.0 Å². The van der Waals surface area contributed by atoms with Crippen molar-refractivity contribution in [3.8, 4) is 0 Å². The fourth-order valence-corrected chi connectivity index (χ4v) is 3.13. The highest BCUT2D eigenvalue weighted by molar-refractivity contribution is 7.89. The van der Waals surface area contributed by atoms with Gasteiger partial charge in [-0.2, -0.15) is 4.72 Å². The van der Waals surface area contributed by atoms with Gasteiger partial charge in [0.2, 0.25) is 10.0 Å². The molecule has 0 saturated heterocycles. The van der Waals surface area contributed by atoms with Gasteiger partial charge in [0, 0.05) is 18.3 Å². The molecule has 0 spiro atoms. The first-order chi connectivity index (χ1) is 9.88. The molecular weight excluding hydrogens is 294 g/mol. The first-order valence-corrected chi connectivity index (χ1v) is 7.66. The first kappa shape index (κ1) is 15.2. The number of H-pyrrole nitrogens is 1. The van der Waals surface area contributed by atoms with Crippen LogP contribution in [0.2, 0.25) is 0 Å². The lowest BCUT2D eigenvalue weighted by atomic mass is 10.2. The predicted octanol–water partition coefficient (Wildman–Crippen LogP) is 0.692. The number of rotatable bonds is 6. The third-order valence-electron chi connectivity index (χ3n) is 2.87. The quantitative estimate of drug-likeness (QED) is 0.727. The highest BCUT2D eigenvalue weighted by Crippen LogP contribution is 2.12. The van der Waals surface area contributed by atoms with Gasteiger partial charge < -0.3 is 10.1 Å². The minimum absolute atomic E-state index is 0.0135.